The van der Waals surface area contributed by atoms with Crippen molar-refractivity contribution in [3.05, 3.63) is 88.0 Å². The SMILES string of the molecule is Cc1cc(C)c(C)c(S(=O)(=O)Nc2ccccc2SCCc2ccc(C(=N)N)cc2)c1C. The van der Waals surface area contributed by atoms with Crippen LogP contribution in [0.3, 0.4) is 0 Å². The van der Waals surface area contributed by atoms with Crippen molar-refractivity contribution >= 4 is 33.3 Å². The standard InChI is InChI=1S/C25H29N3O2S2/c1-16-15-17(2)19(4)24(18(16)3)32(29,30)28-22-7-5-6-8-23(22)31-14-13-20-9-11-21(12-10-20)25(26)27/h5-12,15,28H,13-14H2,1-4H3,(H3,26,27). The number of nitrogens with one attached hydrogen (secondary N) is 2. The summed E-state index contributed by atoms with van der Waals surface area (Å²) in [5.74, 6) is 0.848. The predicted octanol–water partition coefficient (Wildman–Crippen LogP) is 5.34. The number of para-hydroxylation sites is 1. The zero-order chi connectivity index (χ0) is 23.5. The number of benzene rings is 3. The summed E-state index contributed by atoms with van der Waals surface area (Å²) in [7, 11) is -3.73. The van der Waals surface area contributed by atoms with Crippen molar-refractivity contribution in [1.82, 2.24) is 0 Å². The van der Waals surface area contributed by atoms with Crippen LogP contribution in [-0.4, -0.2) is 20.0 Å². The molecule has 0 saturated heterocycles. The molecule has 0 saturated carbocycles. The van der Waals surface area contributed by atoms with Crippen LogP contribution in [0.1, 0.15) is 33.4 Å². The quantitative estimate of drug-likeness (QED) is 0.237. The minimum atomic E-state index is -3.73. The number of thioether (sulfide) groups is 1. The van der Waals surface area contributed by atoms with Crippen molar-refractivity contribution in [2.75, 3.05) is 10.5 Å². The molecule has 0 fully saturated rings. The summed E-state index contributed by atoms with van der Waals surface area (Å²) in [6.07, 6.45) is 0.819. The Hall–Kier alpha value is -2.77. The van der Waals surface area contributed by atoms with Crippen molar-refractivity contribution in [3.63, 3.8) is 0 Å². The Bertz CT molecular complexity index is 1220. The van der Waals surface area contributed by atoms with Gasteiger partial charge in [-0.25, -0.2) is 8.42 Å². The van der Waals surface area contributed by atoms with Crippen molar-refractivity contribution in [1.29, 1.82) is 5.41 Å². The average Bonchev–Trinajstić information content (AvgIpc) is 2.73. The van der Waals surface area contributed by atoms with Gasteiger partial charge in [0.1, 0.15) is 5.84 Å². The fourth-order valence-corrected chi connectivity index (χ4v) is 6.36. The van der Waals surface area contributed by atoms with Crippen LogP contribution < -0.4 is 10.5 Å². The molecule has 0 unspecified atom stereocenters. The van der Waals surface area contributed by atoms with E-state index in [0.717, 1.165) is 44.9 Å². The Labute approximate surface area is 195 Å². The Kier molecular flexibility index (Phi) is 7.31. The van der Waals surface area contributed by atoms with Crippen LogP contribution in [0.2, 0.25) is 0 Å². The van der Waals surface area contributed by atoms with E-state index in [1.807, 2.05) is 76.2 Å². The van der Waals surface area contributed by atoms with Crippen molar-refractivity contribution in [2.24, 2.45) is 5.73 Å². The van der Waals surface area contributed by atoms with E-state index >= 15 is 0 Å². The summed E-state index contributed by atoms with van der Waals surface area (Å²) in [4.78, 5) is 1.25. The van der Waals surface area contributed by atoms with E-state index in [4.69, 9.17) is 11.1 Å². The zero-order valence-electron chi connectivity index (χ0n) is 18.8. The highest BCUT2D eigenvalue weighted by atomic mass is 32.2. The molecule has 0 amide bonds. The maximum Gasteiger partial charge on any atom is 0.262 e. The highest BCUT2D eigenvalue weighted by Crippen LogP contribution is 2.32. The Balaban J connectivity index is 1.78. The van der Waals surface area contributed by atoms with E-state index in [0.29, 0.717) is 16.1 Å². The predicted molar refractivity (Wildman–Crippen MR) is 135 cm³/mol. The topological polar surface area (TPSA) is 96.0 Å². The Morgan fingerprint density at radius 1 is 0.969 bits per heavy atom. The number of nitrogen functional groups attached to an aromatic ring is 1. The lowest BCUT2D eigenvalue weighted by Crippen LogP contribution is -2.17. The van der Waals surface area contributed by atoms with E-state index in [-0.39, 0.29) is 5.84 Å². The summed E-state index contributed by atoms with van der Waals surface area (Å²) >= 11 is 1.61. The van der Waals surface area contributed by atoms with Crippen LogP contribution in [0.15, 0.2) is 64.4 Å². The van der Waals surface area contributed by atoms with Gasteiger partial charge in [-0.2, -0.15) is 0 Å². The van der Waals surface area contributed by atoms with Crippen LogP contribution in [-0.2, 0) is 16.4 Å². The smallest absolute Gasteiger partial charge is 0.262 e. The third kappa shape index (κ3) is 5.34. The summed E-state index contributed by atoms with van der Waals surface area (Å²) in [6, 6.07) is 17.1. The third-order valence-electron chi connectivity index (χ3n) is 5.61. The number of nitrogens with two attached hydrogens (primary N) is 1. The maximum absolute atomic E-state index is 13.3. The van der Waals surface area contributed by atoms with E-state index < -0.39 is 10.0 Å². The molecule has 0 aliphatic heterocycles. The first kappa shape index (κ1) is 23.9. The maximum atomic E-state index is 13.3. The molecule has 0 heterocycles. The lowest BCUT2D eigenvalue weighted by Gasteiger charge is -2.18. The molecule has 4 N–H and O–H groups in total. The van der Waals surface area contributed by atoms with Gasteiger partial charge in [-0.05, 0) is 74.1 Å². The molecule has 0 radical (unpaired) electrons. The van der Waals surface area contributed by atoms with E-state index in [1.54, 1.807) is 17.8 Å². The van der Waals surface area contributed by atoms with Gasteiger partial charge < -0.3 is 5.73 Å². The first-order chi connectivity index (χ1) is 15.1. The van der Waals surface area contributed by atoms with Gasteiger partial charge in [0, 0.05) is 16.2 Å². The van der Waals surface area contributed by atoms with Gasteiger partial charge in [0.05, 0.1) is 10.6 Å². The minimum Gasteiger partial charge on any atom is -0.384 e. The van der Waals surface area contributed by atoms with Gasteiger partial charge in [-0.3, -0.25) is 10.1 Å². The summed E-state index contributed by atoms with van der Waals surface area (Å²) in [5, 5.41) is 7.48. The van der Waals surface area contributed by atoms with E-state index in [1.165, 1.54) is 0 Å². The number of anilines is 1. The molecule has 0 aliphatic rings. The highest BCUT2D eigenvalue weighted by molar-refractivity contribution is 7.99. The molecule has 0 aromatic heterocycles. The third-order valence-corrected chi connectivity index (χ3v) is 8.32. The largest absolute Gasteiger partial charge is 0.384 e. The molecule has 168 valence electrons. The van der Waals surface area contributed by atoms with Crippen LogP contribution >= 0.6 is 11.8 Å². The lowest BCUT2D eigenvalue weighted by molar-refractivity contribution is 0.599. The van der Waals surface area contributed by atoms with Gasteiger partial charge >= 0.3 is 0 Å². The molecule has 5 nitrogen and oxygen atoms in total. The molecule has 3 rings (SSSR count). The number of hydrogen-bond donors (Lipinski definition) is 3. The van der Waals surface area contributed by atoms with Crippen LogP contribution in [0.4, 0.5) is 5.69 Å². The first-order valence-corrected chi connectivity index (χ1v) is 12.8. The summed E-state index contributed by atoms with van der Waals surface area (Å²) in [5.41, 5.74) is 11.4. The van der Waals surface area contributed by atoms with Crippen molar-refractivity contribution in [3.8, 4) is 0 Å². The fraction of sp³-hybridized carbons (Fsp3) is 0.240. The minimum absolute atomic E-state index is 0.0569. The number of aryl methyl sites for hydroxylation is 3. The van der Waals surface area contributed by atoms with Gasteiger partial charge in [-0.1, -0.05) is 42.5 Å². The monoisotopic (exact) mass is 467 g/mol. The molecule has 3 aromatic rings. The Morgan fingerprint density at radius 2 is 1.56 bits per heavy atom. The first-order valence-electron chi connectivity index (χ1n) is 10.4. The van der Waals surface area contributed by atoms with Crippen LogP contribution in [0.25, 0.3) is 0 Å². The molecular formula is C25H29N3O2S2. The van der Waals surface area contributed by atoms with Gasteiger partial charge in [0.15, 0.2) is 0 Å². The summed E-state index contributed by atoms with van der Waals surface area (Å²) in [6.45, 7) is 7.59. The average molecular weight is 468 g/mol. The molecule has 0 atom stereocenters. The van der Waals surface area contributed by atoms with Crippen molar-refractivity contribution in [2.45, 2.75) is 43.9 Å². The van der Waals surface area contributed by atoms with Crippen LogP contribution in [0.5, 0.6) is 0 Å². The van der Waals surface area contributed by atoms with Gasteiger partial charge in [0.2, 0.25) is 0 Å². The van der Waals surface area contributed by atoms with E-state index in [9.17, 15) is 8.42 Å². The molecular weight excluding hydrogens is 438 g/mol. The van der Waals surface area contributed by atoms with E-state index in [2.05, 4.69) is 4.72 Å². The fourth-order valence-electron chi connectivity index (χ4n) is 3.59. The Morgan fingerprint density at radius 3 is 2.16 bits per heavy atom. The zero-order valence-corrected chi connectivity index (χ0v) is 20.5. The molecule has 7 heteroatoms. The van der Waals surface area contributed by atoms with Gasteiger partial charge in [-0.15, -0.1) is 11.8 Å². The molecule has 0 spiro atoms. The molecule has 0 bridgehead atoms. The molecule has 3 aromatic carbocycles. The van der Waals surface area contributed by atoms with Gasteiger partial charge in [0.25, 0.3) is 10.0 Å². The second-order valence-electron chi connectivity index (χ2n) is 7.90. The number of amidine groups is 1. The number of rotatable bonds is 8. The highest BCUT2D eigenvalue weighted by Gasteiger charge is 2.23. The number of sulfonamides is 1. The second-order valence-corrected chi connectivity index (χ2v) is 10.7. The van der Waals surface area contributed by atoms with Crippen molar-refractivity contribution < 1.29 is 8.42 Å². The molecule has 0 aliphatic carbocycles. The normalized spacial score (nSPS) is 11.4. The van der Waals surface area contributed by atoms with Crippen LogP contribution in [0, 0.1) is 33.1 Å². The molecule has 32 heavy (non-hydrogen) atoms. The lowest BCUT2D eigenvalue weighted by atomic mass is 10.0. The second kappa shape index (κ2) is 9.79. The summed E-state index contributed by atoms with van der Waals surface area (Å²) < 4.78 is 29.5. The number of hydrogen-bond acceptors (Lipinski definition) is 4.